The van der Waals surface area contributed by atoms with E-state index in [4.69, 9.17) is 0 Å². The van der Waals surface area contributed by atoms with Crippen molar-refractivity contribution < 1.29 is 9.18 Å². The van der Waals surface area contributed by atoms with Gasteiger partial charge in [0.2, 0.25) is 0 Å². The molecular formula is C19H17FN4O. The van der Waals surface area contributed by atoms with Crippen LogP contribution in [-0.4, -0.2) is 32.5 Å². The van der Waals surface area contributed by atoms with Crippen molar-refractivity contribution in [2.75, 3.05) is 6.54 Å². The number of H-pyrrole nitrogens is 1. The van der Waals surface area contributed by atoms with Crippen molar-refractivity contribution in [1.29, 1.82) is 0 Å². The maximum absolute atomic E-state index is 13.8. The molecule has 6 heteroatoms. The van der Waals surface area contributed by atoms with Crippen LogP contribution in [-0.2, 0) is 13.0 Å². The summed E-state index contributed by atoms with van der Waals surface area (Å²) in [4.78, 5) is 19.7. The van der Waals surface area contributed by atoms with Crippen molar-refractivity contribution in [3.63, 3.8) is 0 Å². The molecule has 3 aromatic rings. The van der Waals surface area contributed by atoms with Gasteiger partial charge in [0.25, 0.3) is 5.91 Å². The first-order valence-corrected chi connectivity index (χ1v) is 8.59. The van der Waals surface area contributed by atoms with Crippen molar-refractivity contribution in [2.24, 2.45) is 0 Å². The summed E-state index contributed by atoms with van der Waals surface area (Å²) in [5.41, 5.74) is 4.33. The number of halogens is 1. The van der Waals surface area contributed by atoms with Crippen LogP contribution in [0.2, 0.25) is 0 Å². The van der Waals surface area contributed by atoms with Crippen LogP contribution in [0.1, 0.15) is 46.1 Å². The molecule has 1 aromatic carbocycles. The number of carbonyl (C=O) groups is 1. The molecule has 5 rings (SSSR count). The summed E-state index contributed by atoms with van der Waals surface area (Å²) in [6.45, 7) is 1.16. The molecule has 1 N–H and O–H groups in total. The Bertz CT molecular complexity index is 992. The highest BCUT2D eigenvalue weighted by molar-refractivity contribution is 6.06. The van der Waals surface area contributed by atoms with Gasteiger partial charge in [-0.3, -0.25) is 14.9 Å². The lowest BCUT2D eigenvalue weighted by Crippen LogP contribution is -2.36. The number of nitrogens with zero attached hydrogens (tertiary/aromatic N) is 3. The summed E-state index contributed by atoms with van der Waals surface area (Å²) < 4.78 is 13.8. The number of pyridine rings is 1. The zero-order valence-electron chi connectivity index (χ0n) is 13.6. The highest BCUT2D eigenvalue weighted by Gasteiger charge is 2.29. The number of aromatic nitrogens is 3. The molecule has 2 aromatic heterocycles. The Kier molecular flexibility index (Phi) is 3.13. The van der Waals surface area contributed by atoms with Gasteiger partial charge in [-0.25, -0.2) is 4.39 Å². The maximum atomic E-state index is 13.8. The molecule has 1 fully saturated rings. The molecule has 126 valence electrons. The first-order chi connectivity index (χ1) is 12.2. The van der Waals surface area contributed by atoms with E-state index in [2.05, 4.69) is 15.2 Å². The molecule has 1 aliphatic heterocycles. The van der Waals surface area contributed by atoms with Gasteiger partial charge in [0.05, 0.1) is 17.3 Å². The van der Waals surface area contributed by atoms with Gasteiger partial charge >= 0.3 is 0 Å². The second kappa shape index (κ2) is 5.37. The van der Waals surface area contributed by atoms with E-state index in [-0.39, 0.29) is 11.7 Å². The average molecular weight is 336 g/mol. The van der Waals surface area contributed by atoms with E-state index in [9.17, 15) is 9.18 Å². The van der Waals surface area contributed by atoms with Crippen LogP contribution in [0, 0.1) is 5.82 Å². The molecule has 0 unspecified atom stereocenters. The first kappa shape index (κ1) is 14.6. The van der Waals surface area contributed by atoms with Crippen LogP contribution in [0.15, 0.2) is 30.5 Å². The molecule has 3 heterocycles. The summed E-state index contributed by atoms with van der Waals surface area (Å²) in [6.07, 6.45) is 4.74. The first-order valence-electron chi connectivity index (χ1n) is 8.59. The van der Waals surface area contributed by atoms with E-state index >= 15 is 0 Å². The molecule has 0 atom stereocenters. The Balaban J connectivity index is 1.59. The Morgan fingerprint density at radius 1 is 1.28 bits per heavy atom. The van der Waals surface area contributed by atoms with Gasteiger partial charge in [-0.2, -0.15) is 5.10 Å². The van der Waals surface area contributed by atoms with Gasteiger partial charge in [-0.15, -0.1) is 0 Å². The van der Waals surface area contributed by atoms with Crippen LogP contribution < -0.4 is 0 Å². The number of benzene rings is 1. The van der Waals surface area contributed by atoms with Gasteiger partial charge in [-0.1, -0.05) is 0 Å². The van der Waals surface area contributed by atoms with E-state index in [1.807, 2.05) is 11.0 Å². The molecule has 2 aliphatic rings. The summed E-state index contributed by atoms with van der Waals surface area (Å²) >= 11 is 0. The smallest absolute Gasteiger partial charge is 0.254 e. The molecule has 25 heavy (non-hydrogen) atoms. The summed E-state index contributed by atoms with van der Waals surface area (Å²) in [5, 5.41) is 7.62. The highest BCUT2D eigenvalue weighted by atomic mass is 19.1. The SMILES string of the molecule is O=C(c1cc(C2CC2)nc2ccc(F)cc12)N1CCc2[nH]ncc2C1. The minimum Gasteiger partial charge on any atom is -0.334 e. The largest absolute Gasteiger partial charge is 0.334 e. The van der Waals surface area contributed by atoms with Crippen molar-refractivity contribution in [3.8, 4) is 0 Å². The number of aromatic amines is 1. The normalized spacial score (nSPS) is 16.9. The van der Waals surface area contributed by atoms with Gasteiger partial charge < -0.3 is 4.90 Å². The molecule has 1 amide bonds. The number of hydrogen-bond acceptors (Lipinski definition) is 3. The Morgan fingerprint density at radius 3 is 3.00 bits per heavy atom. The minimum atomic E-state index is -0.349. The average Bonchev–Trinajstić information content (AvgIpc) is 3.37. The van der Waals surface area contributed by atoms with Crippen LogP contribution in [0.4, 0.5) is 4.39 Å². The third-order valence-electron chi connectivity index (χ3n) is 5.10. The quantitative estimate of drug-likeness (QED) is 0.782. The maximum Gasteiger partial charge on any atom is 0.254 e. The van der Waals surface area contributed by atoms with E-state index in [0.717, 1.165) is 36.2 Å². The van der Waals surface area contributed by atoms with Crippen molar-refractivity contribution in [3.05, 3.63) is 58.8 Å². The Labute approximate surface area is 143 Å². The lowest BCUT2D eigenvalue weighted by Gasteiger charge is -2.27. The molecule has 0 radical (unpaired) electrons. The number of carbonyl (C=O) groups excluding carboxylic acids is 1. The van der Waals surface area contributed by atoms with Gasteiger partial charge in [0.1, 0.15) is 5.82 Å². The molecular weight excluding hydrogens is 319 g/mol. The van der Waals surface area contributed by atoms with Gasteiger partial charge in [0.15, 0.2) is 0 Å². The number of nitrogens with one attached hydrogen (secondary N) is 1. The van der Waals surface area contributed by atoms with Crippen molar-refractivity contribution in [2.45, 2.75) is 31.7 Å². The topological polar surface area (TPSA) is 61.9 Å². The molecule has 0 saturated heterocycles. The zero-order chi connectivity index (χ0) is 17.0. The monoisotopic (exact) mass is 336 g/mol. The van der Waals surface area contributed by atoms with Crippen molar-refractivity contribution in [1.82, 2.24) is 20.1 Å². The predicted octanol–water partition coefficient (Wildman–Crippen LogP) is 3.17. The molecule has 1 aliphatic carbocycles. The fourth-order valence-corrected chi connectivity index (χ4v) is 3.55. The number of hydrogen-bond donors (Lipinski definition) is 1. The number of rotatable bonds is 2. The summed E-state index contributed by atoms with van der Waals surface area (Å²) in [7, 11) is 0. The minimum absolute atomic E-state index is 0.0632. The van der Waals surface area contributed by atoms with Crippen molar-refractivity contribution >= 4 is 16.8 Å². The van der Waals surface area contributed by atoms with Crippen LogP contribution in [0.25, 0.3) is 10.9 Å². The molecule has 0 bridgehead atoms. The lowest BCUT2D eigenvalue weighted by molar-refractivity contribution is 0.0736. The molecule has 5 nitrogen and oxygen atoms in total. The third-order valence-corrected chi connectivity index (χ3v) is 5.10. The number of fused-ring (bicyclic) bond motifs is 2. The Hall–Kier alpha value is -2.76. The second-order valence-electron chi connectivity index (χ2n) is 6.88. The summed E-state index contributed by atoms with van der Waals surface area (Å²) in [6, 6.07) is 6.35. The fourth-order valence-electron chi connectivity index (χ4n) is 3.55. The van der Waals surface area contributed by atoms with E-state index in [1.165, 1.54) is 12.1 Å². The van der Waals surface area contributed by atoms with Gasteiger partial charge in [-0.05, 0) is 37.1 Å². The van der Waals surface area contributed by atoms with Crippen LogP contribution in [0.5, 0.6) is 0 Å². The lowest BCUT2D eigenvalue weighted by atomic mass is 10.0. The zero-order valence-corrected chi connectivity index (χ0v) is 13.6. The fraction of sp³-hybridized carbons (Fsp3) is 0.316. The summed E-state index contributed by atoms with van der Waals surface area (Å²) in [5.74, 6) is 0.0212. The second-order valence-corrected chi connectivity index (χ2v) is 6.88. The van der Waals surface area contributed by atoms with E-state index < -0.39 is 0 Å². The van der Waals surface area contributed by atoms with E-state index in [0.29, 0.717) is 35.5 Å². The molecule has 0 spiro atoms. The highest BCUT2D eigenvalue weighted by Crippen LogP contribution is 2.40. The Morgan fingerprint density at radius 2 is 2.16 bits per heavy atom. The van der Waals surface area contributed by atoms with Gasteiger partial charge in [0, 0.05) is 47.8 Å². The molecule has 1 saturated carbocycles. The third kappa shape index (κ3) is 2.49. The van der Waals surface area contributed by atoms with Crippen LogP contribution >= 0.6 is 0 Å². The standard InChI is InChI=1S/C19H17FN4O/c20-13-3-4-17-14(7-13)15(8-18(22-17)11-1-2-11)19(25)24-6-5-16-12(10-24)9-21-23-16/h3-4,7-9,11H,1-2,5-6,10H2,(H,21,23). The van der Waals surface area contributed by atoms with E-state index in [1.54, 1.807) is 12.3 Å². The predicted molar refractivity (Wildman–Crippen MR) is 90.7 cm³/mol. The van der Waals surface area contributed by atoms with Crippen LogP contribution in [0.3, 0.4) is 0 Å². The number of amides is 1.